The number of rotatable bonds is 4. The Morgan fingerprint density at radius 2 is 1.92 bits per heavy atom. The summed E-state index contributed by atoms with van der Waals surface area (Å²) >= 11 is 1.48. The van der Waals surface area contributed by atoms with Crippen molar-refractivity contribution in [1.29, 1.82) is 0 Å². The van der Waals surface area contributed by atoms with E-state index >= 15 is 0 Å². The summed E-state index contributed by atoms with van der Waals surface area (Å²) in [5, 5.41) is 0. The molecule has 0 radical (unpaired) electrons. The number of hydrogen-bond donors (Lipinski definition) is 0. The van der Waals surface area contributed by atoms with Crippen LogP contribution in [0.1, 0.15) is 11.1 Å². The maximum atomic E-state index is 12.9. The van der Waals surface area contributed by atoms with Gasteiger partial charge in [-0.15, -0.1) is 11.3 Å². The number of aromatic nitrogens is 2. The molecule has 0 atom stereocenters. The van der Waals surface area contributed by atoms with Crippen molar-refractivity contribution in [2.45, 2.75) is 13.5 Å². The van der Waals surface area contributed by atoms with E-state index in [1.807, 2.05) is 55.5 Å². The van der Waals surface area contributed by atoms with Gasteiger partial charge in [0.1, 0.15) is 10.4 Å². The van der Waals surface area contributed by atoms with Crippen molar-refractivity contribution < 1.29 is 4.74 Å². The van der Waals surface area contributed by atoms with Crippen LogP contribution in [0.25, 0.3) is 20.7 Å². The van der Waals surface area contributed by atoms with Crippen LogP contribution in [0.3, 0.4) is 0 Å². The number of fused-ring (bicyclic) bond motifs is 1. The molecule has 130 valence electrons. The van der Waals surface area contributed by atoms with Crippen molar-refractivity contribution in [2.24, 2.45) is 0 Å². The van der Waals surface area contributed by atoms with Gasteiger partial charge in [0, 0.05) is 4.88 Å². The number of methoxy groups -OCH3 is 1. The van der Waals surface area contributed by atoms with Crippen molar-refractivity contribution in [3.05, 3.63) is 82.4 Å². The van der Waals surface area contributed by atoms with Gasteiger partial charge in [0.05, 0.1) is 25.5 Å². The van der Waals surface area contributed by atoms with Gasteiger partial charge in [0.15, 0.2) is 0 Å². The number of thiophene rings is 1. The zero-order valence-corrected chi connectivity index (χ0v) is 15.4. The number of aryl methyl sites for hydroxylation is 1. The Morgan fingerprint density at radius 3 is 2.65 bits per heavy atom. The second kappa shape index (κ2) is 6.77. The summed E-state index contributed by atoms with van der Waals surface area (Å²) in [6.45, 7) is 2.58. The number of benzene rings is 2. The molecule has 0 aliphatic carbocycles. The maximum Gasteiger partial charge on any atom is 0.271 e. The average Bonchev–Trinajstić information content (AvgIpc) is 3.09. The highest BCUT2D eigenvalue weighted by Gasteiger charge is 2.11. The summed E-state index contributed by atoms with van der Waals surface area (Å²) in [6, 6.07) is 18.0. The summed E-state index contributed by atoms with van der Waals surface area (Å²) in [4.78, 5) is 18.4. The third-order valence-electron chi connectivity index (χ3n) is 4.31. The van der Waals surface area contributed by atoms with E-state index in [2.05, 4.69) is 11.1 Å². The normalized spacial score (nSPS) is 11.0. The SMILES string of the molecule is COc1ccc(-c2cc3ncn(Cc4cccc(C)c4)c(=O)c3s2)cc1. The van der Waals surface area contributed by atoms with Crippen molar-refractivity contribution in [3.63, 3.8) is 0 Å². The molecule has 0 aliphatic heterocycles. The summed E-state index contributed by atoms with van der Waals surface area (Å²) in [7, 11) is 1.65. The molecule has 4 rings (SSSR count). The Hall–Kier alpha value is -2.92. The lowest BCUT2D eigenvalue weighted by atomic mass is 10.1. The molecule has 0 aliphatic rings. The van der Waals surface area contributed by atoms with Gasteiger partial charge in [0.25, 0.3) is 5.56 Å². The Balaban J connectivity index is 1.72. The highest BCUT2D eigenvalue weighted by Crippen LogP contribution is 2.31. The fraction of sp³-hybridized carbons (Fsp3) is 0.143. The topological polar surface area (TPSA) is 44.1 Å². The van der Waals surface area contributed by atoms with E-state index < -0.39 is 0 Å². The second-order valence-corrected chi connectivity index (χ2v) is 7.27. The molecule has 4 aromatic rings. The largest absolute Gasteiger partial charge is 0.497 e. The third-order valence-corrected chi connectivity index (χ3v) is 5.48. The summed E-state index contributed by atoms with van der Waals surface area (Å²) in [5.74, 6) is 0.813. The zero-order valence-electron chi connectivity index (χ0n) is 14.6. The van der Waals surface area contributed by atoms with Crippen LogP contribution >= 0.6 is 11.3 Å². The van der Waals surface area contributed by atoms with Gasteiger partial charge in [-0.1, -0.05) is 29.8 Å². The van der Waals surface area contributed by atoms with Crippen molar-refractivity contribution in [3.8, 4) is 16.2 Å². The molecule has 2 heterocycles. The lowest BCUT2D eigenvalue weighted by Gasteiger charge is -2.05. The second-order valence-electron chi connectivity index (χ2n) is 6.22. The number of hydrogen-bond acceptors (Lipinski definition) is 4. The first-order valence-electron chi connectivity index (χ1n) is 8.33. The maximum absolute atomic E-state index is 12.9. The van der Waals surface area contributed by atoms with E-state index in [0.717, 1.165) is 27.3 Å². The van der Waals surface area contributed by atoms with Crippen LogP contribution in [0.4, 0.5) is 0 Å². The molecule has 0 bridgehead atoms. The lowest BCUT2D eigenvalue weighted by molar-refractivity contribution is 0.415. The van der Waals surface area contributed by atoms with Crippen LogP contribution < -0.4 is 10.3 Å². The van der Waals surface area contributed by atoms with Crippen LogP contribution in [-0.2, 0) is 6.54 Å². The molecule has 0 saturated carbocycles. The highest BCUT2D eigenvalue weighted by molar-refractivity contribution is 7.22. The van der Waals surface area contributed by atoms with Gasteiger partial charge >= 0.3 is 0 Å². The molecular weight excluding hydrogens is 344 g/mol. The molecule has 0 amide bonds. The standard InChI is InChI=1S/C21H18N2O2S/c1-14-4-3-5-15(10-14)12-23-13-22-18-11-19(26-20(18)21(23)24)16-6-8-17(25-2)9-7-16/h3-11,13H,12H2,1-2H3. The fourth-order valence-electron chi connectivity index (χ4n) is 2.96. The molecule has 2 aromatic heterocycles. The molecule has 4 nitrogen and oxygen atoms in total. The quantitative estimate of drug-likeness (QED) is 0.537. The van der Waals surface area contributed by atoms with E-state index in [4.69, 9.17) is 4.74 Å². The van der Waals surface area contributed by atoms with Gasteiger partial charge in [0.2, 0.25) is 0 Å². The van der Waals surface area contributed by atoms with E-state index in [9.17, 15) is 4.79 Å². The molecule has 0 unspecified atom stereocenters. The van der Waals surface area contributed by atoms with E-state index in [0.29, 0.717) is 11.2 Å². The molecule has 26 heavy (non-hydrogen) atoms. The van der Waals surface area contributed by atoms with Gasteiger partial charge in [-0.05, 0) is 48.4 Å². The first-order valence-corrected chi connectivity index (χ1v) is 9.14. The minimum atomic E-state index is 0.00117. The minimum absolute atomic E-state index is 0.00117. The summed E-state index contributed by atoms with van der Waals surface area (Å²) in [6.07, 6.45) is 1.64. The Morgan fingerprint density at radius 1 is 1.12 bits per heavy atom. The van der Waals surface area contributed by atoms with Crippen LogP contribution in [0, 0.1) is 6.92 Å². The van der Waals surface area contributed by atoms with Crippen molar-refractivity contribution >= 4 is 21.6 Å². The Labute approximate surface area is 155 Å². The molecule has 5 heteroatoms. The average molecular weight is 362 g/mol. The van der Waals surface area contributed by atoms with Gasteiger partial charge in [-0.3, -0.25) is 9.36 Å². The minimum Gasteiger partial charge on any atom is -0.497 e. The van der Waals surface area contributed by atoms with Gasteiger partial charge in [-0.25, -0.2) is 4.98 Å². The molecular formula is C21H18N2O2S. The van der Waals surface area contributed by atoms with Crippen LogP contribution in [0.5, 0.6) is 5.75 Å². The fourth-order valence-corrected chi connectivity index (χ4v) is 4.03. The first kappa shape index (κ1) is 16.5. The third kappa shape index (κ3) is 3.13. The Bertz CT molecular complexity index is 1130. The molecule has 0 saturated heterocycles. The monoisotopic (exact) mass is 362 g/mol. The lowest BCUT2D eigenvalue weighted by Crippen LogP contribution is -2.20. The van der Waals surface area contributed by atoms with E-state index in [1.54, 1.807) is 18.0 Å². The first-order chi connectivity index (χ1) is 12.6. The predicted octanol–water partition coefficient (Wildman–Crippen LogP) is 4.49. The van der Waals surface area contributed by atoms with Crippen molar-refractivity contribution in [1.82, 2.24) is 9.55 Å². The molecule has 0 spiro atoms. The van der Waals surface area contributed by atoms with Crippen LogP contribution in [0.15, 0.2) is 65.7 Å². The number of ether oxygens (including phenoxy) is 1. The van der Waals surface area contributed by atoms with E-state index in [1.165, 1.54) is 16.9 Å². The smallest absolute Gasteiger partial charge is 0.271 e. The molecule has 0 fully saturated rings. The van der Waals surface area contributed by atoms with Gasteiger partial charge in [-0.2, -0.15) is 0 Å². The van der Waals surface area contributed by atoms with E-state index in [-0.39, 0.29) is 5.56 Å². The predicted molar refractivity (Wildman–Crippen MR) is 106 cm³/mol. The summed E-state index contributed by atoms with van der Waals surface area (Å²) in [5.41, 5.74) is 4.08. The van der Waals surface area contributed by atoms with Gasteiger partial charge < -0.3 is 4.74 Å². The summed E-state index contributed by atoms with van der Waals surface area (Å²) < 4.78 is 7.56. The number of nitrogens with zero attached hydrogens (tertiary/aromatic N) is 2. The zero-order chi connectivity index (χ0) is 18.1. The highest BCUT2D eigenvalue weighted by atomic mass is 32.1. The Kier molecular flexibility index (Phi) is 4.31. The molecule has 0 N–H and O–H groups in total. The van der Waals surface area contributed by atoms with Crippen LogP contribution in [-0.4, -0.2) is 16.7 Å². The van der Waals surface area contributed by atoms with Crippen molar-refractivity contribution in [2.75, 3.05) is 7.11 Å². The van der Waals surface area contributed by atoms with Crippen LogP contribution in [0.2, 0.25) is 0 Å². The molecule has 2 aromatic carbocycles.